The van der Waals surface area contributed by atoms with E-state index in [1.165, 1.54) is 11.8 Å². The van der Waals surface area contributed by atoms with E-state index in [4.69, 9.17) is 27.9 Å². The molecule has 4 nitrogen and oxygen atoms in total. The molecule has 1 atom stereocenters. The average molecular weight is 382 g/mol. The fourth-order valence-corrected chi connectivity index (χ4v) is 3.92. The SMILES string of the molecule is CC(Sc1c(Cl)cccc1Cl)C(=O)c1ccc2c(c1)NC(=O)CO2. The largest absolute Gasteiger partial charge is 0.482 e. The smallest absolute Gasteiger partial charge is 0.262 e. The molecule has 1 unspecified atom stereocenters. The number of benzene rings is 2. The second-order valence-electron chi connectivity index (χ2n) is 5.22. The molecule has 0 spiro atoms. The van der Waals surface area contributed by atoms with Gasteiger partial charge in [-0.2, -0.15) is 0 Å². The lowest BCUT2D eigenvalue weighted by Crippen LogP contribution is -2.25. The van der Waals surface area contributed by atoms with Crippen molar-refractivity contribution < 1.29 is 14.3 Å². The first kappa shape index (κ1) is 17.1. The average Bonchev–Trinajstić information content (AvgIpc) is 2.56. The van der Waals surface area contributed by atoms with Gasteiger partial charge in [-0.3, -0.25) is 9.59 Å². The van der Waals surface area contributed by atoms with Crippen molar-refractivity contribution in [2.75, 3.05) is 11.9 Å². The summed E-state index contributed by atoms with van der Waals surface area (Å²) in [6.45, 7) is 1.78. The molecule has 0 aliphatic carbocycles. The minimum atomic E-state index is -0.388. The molecule has 0 saturated heterocycles. The van der Waals surface area contributed by atoms with Gasteiger partial charge in [-0.25, -0.2) is 0 Å². The number of rotatable bonds is 4. The highest BCUT2D eigenvalue weighted by Gasteiger charge is 2.22. The van der Waals surface area contributed by atoms with Gasteiger partial charge in [-0.15, -0.1) is 11.8 Å². The van der Waals surface area contributed by atoms with E-state index in [0.717, 1.165) is 0 Å². The molecule has 1 aliphatic rings. The van der Waals surface area contributed by atoms with Crippen LogP contribution in [0.5, 0.6) is 5.75 Å². The lowest BCUT2D eigenvalue weighted by Gasteiger charge is -2.19. The molecule has 2 aromatic rings. The van der Waals surface area contributed by atoms with Crippen molar-refractivity contribution in [1.29, 1.82) is 0 Å². The first-order valence-electron chi connectivity index (χ1n) is 7.17. The third-order valence-electron chi connectivity index (χ3n) is 3.48. The minimum Gasteiger partial charge on any atom is -0.482 e. The van der Waals surface area contributed by atoms with E-state index in [9.17, 15) is 9.59 Å². The van der Waals surface area contributed by atoms with Crippen LogP contribution in [-0.2, 0) is 4.79 Å². The maximum atomic E-state index is 12.7. The lowest BCUT2D eigenvalue weighted by molar-refractivity contribution is -0.118. The number of thioether (sulfide) groups is 1. The molecule has 124 valence electrons. The highest BCUT2D eigenvalue weighted by atomic mass is 35.5. The van der Waals surface area contributed by atoms with Crippen molar-refractivity contribution in [3.8, 4) is 5.75 Å². The summed E-state index contributed by atoms with van der Waals surface area (Å²) in [7, 11) is 0. The van der Waals surface area contributed by atoms with Crippen molar-refractivity contribution in [3.05, 3.63) is 52.0 Å². The zero-order chi connectivity index (χ0) is 17.3. The molecule has 0 fully saturated rings. The lowest BCUT2D eigenvalue weighted by atomic mass is 10.1. The van der Waals surface area contributed by atoms with Gasteiger partial charge < -0.3 is 10.1 Å². The van der Waals surface area contributed by atoms with Gasteiger partial charge in [0.15, 0.2) is 12.4 Å². The summed E-state index contributed by atoms with van der Waals surface area (Å²) >= 11 is 13.6. The van der Waals surface area contributed by atoms with E-state index in [1.54, 1.807) is 43.3 Å². The summed E-state index contributed by atoms with van der Waals surface area (Å²) in [4.78, 5) is 24.8. The Morgan fingerprint density at radius 3 is 2.67 bits per heavy atom. The van der Waals surface area contributed by atoms with Crippen LogP contribution in [0.2, 0.25) is 10.0 Å². The fourth-order valence-electron chi connectivity index (χ4n) is 2.30. The summed E-state index contributed by atoms with van der Waals surface area (Å²) in [5, 5.41) is 3.33. The van der Waals surface area contributed by atoms with E-state index in [-0.39, 0.29) is 23.5 Å². The number of carbonyl (C=O) groups is 2. The Hall–Kier alpha value is -1.69. The second kappa shape index (κ2) is 7.05. The molecule has 0 aromatic heterocycles. The molecule has 3 rings (SSSR count). The van der Waals surface area contributed by atoms with Crippen molar-refractivity contribution in [2.45, 2.75) is 17.1 Å². The Labute approximate surface area is 153 Å². The van der Waals surface area contributed by atoms with Gasteiger partial charge in [0.2, 0.25) is 0 Å². The number of halogens is 2. The molecule has 0 radical (unpaired) electrons. The minimum absolute atomic E-state index is 0.0163. The van der Waals surface area contributed by atoms with E-state index in [1.807, 2.05) is 0 Å². The van der Waals surface area contributed by atoms with E-state index in [2.05, 4.69) is 5.32 Å². The number of nitrogens with one attached hydrogen (secondary N) is 1. The van der Waals surface area contributed by atoms with E-state index >= 15 is 0 Å². The van der Waals surface area contributed by atoms with Crippen LogP contribution >= 0.6 is 35.0 Å². The predicted molar refractivity (Wildman–Crippen MR) is 96.7 cm³/mol. The number of hydrogen-bond acceptors (Lipinski definition) is 4. The number of carbonyl (C=O) groups excluding carboxylic acids is 2. The molecular weight excluding hydrogens is 369 g/mol. The third-order valence-corrected chi connectivity index (χ3v) is 5.58. The van der Waals surface area contributed by atoms with Crippen LogP contribution in [0, 0.1) is 0 Å². The van der Waals surface area contributed by atoms with Crippen LogP contribution < -0.4 is 10.1 Å². The number of anilines is 1. The van der Waals surface area contributed by atoms with Crippen LogP contribution in [0.15, 0.2) is 41.3 Å². The Balaban J connectivity index is 1.81. The quantitative estimate of drug-likeness (QED) is 0.616. The summed E-state index contributed by atoms with van der Waals surface area (Å²) in [6, 6.07) is 10.2. The van der Waals surface area contributed by atoms with Gasteiger partial charge in [-0.05, 0) is 37.3 Å². The first-order valence-corrected chi connectivity index (χ1v) is 8.81. The molecular formula is C17H13Cl2NO3S. The standard InChI is InChI=1S/C17H13Cl2NO3S/c1-9(24-17-11(18)3-2-4-12(17)19)16(22)10-5-6-14-13(7-10)20-15(21)8-23-14/h2-7,9H,8H2,1H3,(H,20,21). The first-order chi connectivity index (χ1) is 11.5. The zero-order valence-corrected chi connectivity index (χ0v) is 15.0. The van der Waals surface area contributed by atoms with Crippen molar-refractivity contribution in [2.24, 2.45) is 0 Å². The maximum absolute atomic E-state index is 12.7. The molecule has 24 heavy (non-hydrogen) atoms. The van der Waals surface area contributed by atoms with Crippen LogP contribution in [0.25, 0.3) is 0 Å². The summed E-state index contributed by atoms with van der Waals surface area (Å²) in [5.74, 6) is 0.233. The van der Waals surface area contributed by atoms with Crippen LogP contribution in [-0.4, -0.2) is 23.5 Å². The Morgan fingerprint density at radius 1 is 1.25 bits per heavy atom. The molecule has 1 N–H and O–H groups in total. The molecule has 2 aromatic carbocycles. The summed E-state index contributed by atoms with van der Waals surface area (Å²) in [5.41, 5.74) is 0.993. The van der Waals surface area contributed by atoms with Crippen molar-refractivity contribution in [1.82, 2.24) is 0 Å². The zero-order valence-electron chi connectivity index (χ0n) is 12.6. The maximum Gasteiger partial charge on any atom is 0.262 e. The Morgan fingerprint density at radius 2 is 1.96 bits per heavy atom. The monoisotopic (exact) mass is 381 g/mol. The summed E-state index contributed by atoms with van der Waals surface area (Å²) < 4.78 is 5.29. The van der Waals surface area contributed by atoms with Gasteiger partial charge in [0.1, 0.15) is 5.75 Å². The Kier molecular flexibility index (Phi) is 5.04. The number of hydrogen-bond donors (Lipinski definition) is 1. The molecule has 1 amide bonds. The molecule has 7 heteroatoms. The van der Waals surface area contributed by atoms with Crippen LogP contribution in [0.1, 0.15) is 17.3 Å². The molecule has 0 saturated carbocycles. The van der Waals surface area contributed by atoms with E-state index < -0.39 is 0 Å². The van der Waals surface area contributed by atoms with Crippen LogP contribution in [0.3, 0.4) is 0 Å². The van der Waals surface area contributed by atoms with Crippen LogP contribution in [0.4, 0.5) is 5.69 Å². The molecule has 1 heterocycles. The normalized spacial score (nSPS) is 14.4. The number of amides is 1. The van der Waals surface area contributed by atoms with Crippen molar-refractivity contribution >= 4 is 52.3 Å². The number of Topliss-reactive ketones (excluding diaryl/α,β-unsaturated/α-hetero) is 1. The molecule has 0 bridgehead atoms. The van der Waals surface area contributed by atoms with Gasteiger partial charge in [0, 0.05) is 10.5 Å². The van der Waals surface area contributed by atoms with Gasteiger partial charge in [0.05, 0.1) is 21.0 Å². The highest BCUT2D eigenvalue weighted by Crippen LogP contribution is 2.37. The van der Waals surface area contributed by atoms with Gasteiger partial charge in [0.25, 0.3) is 5.91 Å². The predicted octanol–water partition coefficient (Wildman–Crippen LogP) is 4.69. The topological polar surface area (TPSA) is 55.4 Å². The summed E-state index contributed by atoms with van der Waals surface area (Å²) in [6.07, 6.45) is 0. The van der Waals surface area contributed by atoms with Gasteiger partial charge >= 0.3 is 0 Å². The van der Waals surface area contributed by atoms with Gasteiger partial charge in [-0.1, -0.05) is 29.3 Å². The molecule has 1 aliphatic heterocycles. The third kappa shape index (κ3) is 3.53. The Bertz CT molecular complexity index is 805. The number of fused-ring (bicyclic) bond motifs is 1. The highest BCUT2D eigenvalue weighted by molar-refractivity contribution is 8.00. The number of ether oxygens (including phenoxy) is 1. The van der Waals surface area contributed by atoms with E-state index in [0.29, 0.717) is 31.9 Å². The van der Waals surface area contributed by atoms with Crippen molar-refractivity contribution in [3.63, 3.8) is 0 Å². The second-order valence-corrected chi connectivity index (χ2v) is 7.39. The number of ketones is 1. The fraction of sp³-hybridized carbons (Fsp3) is 0.176.